The van der Waals surface area contributed by atoms with Crippen molar-refractivity contribution in [3.05, 3.63) is 71.4 Å². The van der Waals surface area contributed by atoms with Crippen molar-refractivity contribution in [1.82, 2.24) is 9.97 Å². The van der Waals surface area contributed by atoms with E-state index >= 15 is 0 Å². The number of aldehydes is 1. The Balaban J connectivity index is 0.000000236. The van der Waals surface area contributed by atoms with Crippen LogP contribution in [0.25, 0.3) is 0 Å². The van der Waals surface area contributed by atoms with E-state index in [1.807, 2.05) is 26.1 Å². The van der Waals surface area contributed by atoms with E-state index in [9.17, 15) is 9.18 Å². The lowest BCUT2D eigenvalue weighted by Gasteiger charge is -1.99. The first-order valence-corrected chi connectivity index (χ1v) is 9.31. The number of rotatable bonds is 5. The highest BCUT2D eigenvalue weighted by Gasteiger charge is 2.07. The zero-order valence-corrected chi connectivity index (χ0v) is 15.5. The molecule has 1 aromatic carbocycles. The van der Waals surface area contributed by atoms with Crippen molar-refractivity contribution in [3.8, 4) is 0 Å². The summed E-state index contributed by atoms with van der Waals surface area (Å²) in [6.07, 6.45) is 2.31. The Bertz CT molecular complexity index is 792. The van der Waals surface area contributed by atoms with Crippen LogP contribution < -0.4 is 5.32 Å². The van der Waals surface area contributed by atoms with Crippen LogP contribution in [0, 0.1) is 12.7 Å². The Morgan fingerprint density at radius 2 is 2.00 bits per heavy atom. The molecule has 25 heavy (non-hydrogen) atoms. The smallest absolute Gasteiger partial charge is 0.183 e. The molecule has 0 aliphatic heterocycles. The molecule has 0 amide bonds. The Hall–Kier alpha value is -2.25. The third kappa shape index (κ3) is 6.28. The molecule has 0 saturated heterocycles. The Morgan fingerprint density at radius 3 is 2.52 bits per heavy atom. The largest absolute Gasteiger partial charge is 0.365 e. The van der Waals surface area contributed by atoms with Gasteiger partial charge in [-0.15, -0.1) is 11.8 Å². The fourth-order valence-corrected chi connectivity index (χ4v) is 3.85. The van der Waals surface area contributed by atoms with E-state index in [4.69, 9.17) is 0 Å². The predicted molar refractivity (Wildman–Crippen MR) is 102 cm³/mol. The molecule has 0 unspecified atom stereocenters. The van der Waals surface area contributed by atoms with E-state index < -0.39 is 0 Å². The Labute approximate surface area is 154 Å². The summed E-state index contributed by atoms with van der Waals surface area (Å²) in [5.74, 6) is 0.650. The standard InChI is InChI=1S/C12H13FN2S2.C6H5NO/c1-8-11(17-12(14-2)15-8)16-7-9-3-5-10(13)6-4-9;8-5-6-3-1-2-4-7-6/h3-6H,7H2,1-2H3,(H,14,15);1-5H. The molecular weight excluding hydrogens is 357 g/mol. The number of halogens is 1. The molecule has 0 spiro atoms. The van der Waals surface area contributed by atoms with Gasteiger partial charge in [0.1, 0.15) is 11.5 Å². The number of nitrogens with zero attached hydrogens (tertiary/aromatic N) is 2. The predicted octanol–water partition coefficient (Wildman–Crippen LogP) is 4.82. The van der Waals surface area contributed by atoms with Gasteiger partial charge in [-0.2, -0.15) is 0 Å². The molecule has 0 bridgehead atoms. The quantitative estimate of drug-likeness (QED) is 0.512. The zero-order chi connectivity index (χ0) is 18.1. The maximum absolute atomic E-state index is 12.7. The molecule has 3 aromatic rings. The third-order valence-corrected chi connectivity index (χ3v) is 5.67. The van der Waals surface area contributed by atoms with Gasteiger partial charge in [0.2, 0.25) is 0 Å². The van der Waals surface area contributed by atoms with Crippen molar-refractivity contribution in [2.24, 2.45) is 0 Å². The van der Waals surface area contributed by atoms with E-state index in [1.165, 1.54) is 16.3 Å². The third-order valence-electron chi connectivity index (χ3n) is 3.06. The molecule has 0 aliphatic carbocycles. The van der Waals surface area contributed by atoms with Crippen LogP contribution in [-0.4, -0.2) is 23.3 Å². The average molecular weight is 375 g/mol. The number of nitrogens with one attached hydrogen (secondary N) is 1. The minimum absolute atomic E-state index is 0.190. The minimum atomic E-state index is -0.190. The Kier molecular flexibility index (Phi) is 7.56. The lowest BCUT2D eigenvalue weighted by molar-refractivity contribution is 0.111. The topological polar surface area (TPSA) is 54.9 Å². The lowest BCUT2D eigenvalue weighted by atomic mass is 10.2. The van der Waals surface area contributed by atoms with Crippen molar-refractivity contribution in [2.75, 3.05) is 12.4 Å². The number of benzene rings is 1. The average Bonchev–Trinajstić information content (AvgIpc) is 3.02. The second-order valence-electron chi connectivity index (χ2n) is 4.93. The van der Waals surface area contributed by atoms with Crippen molar-refractivity contribution in [2.45, 2.75) is 16.9 Å². The van der Waals surface area contributed by atoms with Gasteiger partial charge in [0.05, 0.1) is 9.90 Å². The molecule has 4 nitrogen and oxygen atoms in total. The van der Waals surface area contributed by atoms with Crippen LogP contribution in [0.15, 0.2) is 52.9 Å². The molecule has 130 valence electrons. The van der Waals surface area contributed by atoms with Crippen LogP contribution in [0.5, 0.6) is 0 Å². The first-order chi connectivity index (χ1) is 12.1. The van der Waals surface area contributed by atoms with Gasteiger partial charge in [-0.3, -0.25) is 9.78 Å². The van der Waals surface area contributed by atoms with E-state index in [1.54, 1.807) is 47.5 Å². The first-order valence-electron chi connectivity index (χ1n) is 7.51. The number of thioether (sulfide) groups is 1. The summed E-state index contributed by atoms with van der Waals surface area (Å²) in [5.41, 5.74) is 2.65. The number of aromatic nitrogens is 2. The SMILES string of the molecule is CNc1nc(C)c(SCc2ccc(F)cc2)s1.O=Cc1ccccn1. The number of hydrogen-bond acceptors (Lipinski definition) is 6. The van der Waals surface area contributed by atoms with Crippen LogP contribution in [0.2, 0.25) is 0 Å². The summed E-state index contributed by atoms with van der Waals surface area (Å²) in [5, 5.41) is 3.97. The van der Waals surface area contributed by atoms with Crippen molar-refractivity contribution in [3.63, 3.8) is 0 Å². The van der Waals surface area contributed by atoms with Gasteiger partial charge in [-0.25, -0.2) is 9.37 Å². The fourth-order valence-electron chi connectivity index (χ4n) is 1.80. The van der Waals surface area contributed by atoms with Crippen molar-refractivity contribution in [1.29, 1.82) is 0 Å². The van der Waals surface area contributed by atoms with Gasteiger partial charge < -0.3 is 5.32 Å². The number of anilines is 1. The van der Waals surface area contributed by atoms with Crippen LogP contribution in [0.3, 0.4) is 0 Å². The van der Waals surface area contributed by atoms with Crippen molar-refractivity contribution < 1.29 is 9.18 Å². The summed E-state index contributed by atoms with van der Waals surface area (Å²) in [7, 11) is 1.87. The summed E-state index contributed by atoms with van der Waals surface area (Å²) in [4.78, 5) is 18.1. The molecule has 1 N–H and O–H groups in total. The van der Waals surface area contributed by atoms with Gasteiger partial charge in [-0.05, 0) is 36.8 Å². The number of thiazole rings is 1. The molecule has 0 fully saturated rings. The lowest BCUT2D eigenvalue weighted by Crippen LogP contribution is -1.84. The second-order valence-corrected chi connectivity index (χ2v) is 7.17. The first kappa shape index (κ1) is 19.1. The summed E-state index contributed by atoms with van der Waals surface area (Å²) >= 11 is 3.38. The Morgan fingerprint density at radius 1 is 1.24 bits per heavy atom. The highest BCUT2D eigenvalue weighted by atomic mass is 32.2. The van der Waals surface area contributed by atoms with Crippen LogP contribution in [0.1, 0.15) is 21.7 Å². The van der Waals surface area contributed by atoms with E-state index in [0.717, 1.165) is 28.4 Å². The maximum Gasteiger partial charge on any atom is 0.183 e. The van der Waals surface area contributed by atoms with Gasteiger partial charge in [0.15, 0.2) is 11.4 Å². The fraction of sp³-hybridized carbons (Fsp3) is 0.167. The van der Waals surface area contributed by atoms with E-state index in [-0.39, 0.29) is 5.82 Å². The highest BCUT2D eigenvalue weighted by Crippen LogP contribution is 2.33. The van der Waals surface area contributed by atoms with Crippen LogP contribution in [0.4, 0.5) is 9.52 Å². The molecular formula is C18H18FN3OS2. The van der Waals surface area contributed by atoms with Crippen LogP contribution >= 0.6 is 23.1 Å². The van der Waals surface area contributed by atoms with Crippen LogP contribution in [-0.2, 0) is 5.75 Å². The summed E-state index contributed by atoms with van der Waals surface area (Å²) < 4.78 is 13.9. The van der Waals surface area contributed by atoms with Gasteiger partial charge in [0, 0.05) is 19.0 Å². The van der Waals surface area contributed by atoms with Crippen molar-refractivity contribution >= 4 is 34.5 Å². The highest BCUT2D eigenvalue weighted by molar-refractivity contribution is 8.00. The molecule has 0 aliphatic rings. The minimum Gasteiger partial charge on any atom is -0.365 e. The second kappa shape index (κ2) is 9.90. The molecule has 0 atom stereocenters. The number of carbonyl (C=O) groups is 1. The molecule has 0 saturated carbocycles. The number of carbonyl (C=O) groups excluding carboxylic acids is 1. The van der Waals surface area contributed by atoms with E-state index in [2.05, 4.69) is 15.3 Å². The van der Waals surface area contributed by atoms with Gasteiger partial charge in [0.25, 0.3) is 0 Å². The summed E-state index contributed by atoms with van der Waals surface area (Å²) in [6, 6.07) is 11.8. The van der Waals surface area contributed by atoms with Gasteiger partial charge in [-0.1, -0.05) is 29.5 Å². The zero-order valence-electron chi connectivity index (χ0n) is 13.9. The molecule has 2 heterocycles. The normalized spacial score (nSPS) is 9.88. The molecule has 3 rings (SSSR count). The number of aryl methyl sites for hydroxylation is 1. The maximum atomic E-state index is 12.7. The molecule has 2 aromatic heterocycles. The van der Waals surface area contributed by atoms with E-state index in [0.29, 0.717) is 5.69 Å². The monoisotopic (exact) mass is 375 g/mol. The van der Waals surface area contributed by atoms with Gasteiger partial charge >= 0.3 is 0 Å². The molecule has 7 heteroatoms. The number of pyridine rings is 1. The number of hydrogen-bond donors (Lipinski definition) is 1. The molecule has 0 radical (unpaired) electrons. The summed E-state index contributed by atoms with van der Waals surface area (Å²) in [6.45, 7) is 2.00.